The van der Waals surface area contributed by atoms with Gasteiger partial charge in [-0.3, -0.25) is 9.59 Å². The molecule has 6 heteroatoms. The maximum Gasteiger partial charge on any atom is 0.255 e. The lowest BCUT2D eigenvalue weighted by Crippen LogP contribution is -2.49. The van der Waals surface area contributed by atoms with Gasteiger partial charge < -0.3 is 15.5 Å². The van der Waals surface area contributed by atoms with Crippen molar-refractivity contribution in [3.8, 4) is 6.07 Å². The van der Waals surface area contributed by atoms with Crippen molar-refractivity contribution in [3.05, 3.63) is 47.2 Å². The second-order valence-corrected chi connectivity index (χ2v) is 10.6. The monoisotopic (exact) mass is 446 g/mol. The molecular weight excluding hydrogens is 412 g/mol. The Hall–Kier alpha value is -2.65. The molecule has 5 rings (SSSR count). The molecule has 33 heavy (non-hydrogen) atoms. The highest BCUT2D eigenvalue weighted by atomic mass is 16.2. The largest absolute Gasteiger partial charge is 0.329 e. The van der Waals surface area contributed by atoms with Crippen LogP contribution in [0.15, 0.2) is 30.5 Å². The van der Waals surface area contributed by atoms with Gasteiger partial charge in [-0.05, 0) is 75.0 Å². The SMILES string of the molecule is C=C1CCC(N2Cc3cc(C[C@H]4CCCC[C@@H]4N[C@H](C)C4(C#N)CC4)ccc3C2=O)C(=O)N1. The van der Waals surface area contributed by atoms with Gasteiger partial charge in [0.25, 0.3) is 5.91 Å². The van der Waals surface area contributed by atoms with E-state index in [0.29, 0.717) is 31.3 Å². The molecule has 2 saturated carbocycles. The summed E-state index contributed by atoms with van der Waals surface area (Å²) in [6.07, 6.45) is 9.19. The second-order valence-electron chi connectivity index (χ2n) is 10.6. The average molecular weight is 447 g/mol. The van der Waals surface area contributed by atoms with Crippen LogP contribution in [0.2, 0.25) is 0 Å². The van der Waals surface area contributed by atoms with Crippen molar-refractivity contribution in [2.45, 2.75) is 89.4 Å². The Morgan fingerprint density at radius 1 is 1.27 bits per heavy atom. The first-order valence-electron chi connectivity index (χ1n) is 12.5. The van der Waals surface area contributed by atoms with Gasteiger partial charge >= 0.3 is 0 Å². The topological polar surface area (TPSA) is 85.2 Å². The van der Waals surface area contributed by atoms with Crippen LogP contribution in [0.4, 0.5) is 0 Å². The molecule has 2 aliphatic heterocycles. The van der Waals surface area contributed by atoms with Gasteiger partial charge in [-0.1, -0.05) is 31.6 Å². The van der Waals surface area contributed by atoms with Gasteiger partial charge in [-0.2, -0.15) is 5.26 Å². The van der Waals surface area contributed by atoms with Crippen molar-refractivity contribution >= 4 is 11.8 Å². The maximum absolute atomic E-state index is 13.0. The molecule has 0 spiro atoms. The number of hydrogen-bond acceptors (Lipinski definition) is 4. The zero-order valence-corrected chi connectivity index (χ0v) is 19.5. The molecule has 0 aromatic heterocycles. The smallest absolute Gasteiger partial charge is 0.255 e. The minimum Gasteiger partial charge on any atom is -0.329 e. The summed E-state index contributed by atoms with van der Waals surface area (Å²) in [5.74, 6) is 0.377. The quantitative estimate of drug-likeness (QED) is 0.696. The van der Waals surface area contributed by atoms with E-state index in [1.807, 2.05) is 6.07 Å². The van der Waals surface area contributed by atoms with E-state index in [1.54, 1.807) is 4.90 Å². The van der Waals surface area contributed by atoms with Gasteiger partial charge in [0.2, 0.25) is 5.91 Å². The molecule has 4 atom stereocenters. The van der Waals surface area contributed by atoms with E-state index in [2.05, 4.69) is 42.3 Å². The Bertz CT molecular complexity index is 1020. The normalized spacial score (nSPS) is 29.3. The lowest BCUT2D eigenvalue weighted by molar-refractivity contribution is -0.126. The molecule has 1 aromatic rings. The molecule has 2 N–H and O–H groups in total. The number of benzene rings is 1. The van der Waals surface area contributed by atoms with Crippen molar-refractivity contribution in [2.75, 3.05) is 0 Å². The second kappa shape index (κ2) is 8.61. The van der Waals surface area contributed by atoms with E-state index in [-0.39, 0.29) is 23.3 Å². The first kappa shape index (κ1) is 22.2. The fourth-order valence-corrected chi connectivity index (χ4v) is 6.07. The van der Waals surface area contributed by atoms with Crippen LogP contribution in [-0.4, -0.2) is 34.8 Å². The molecule has 2 heterocycles. The van der Waals surface area contributed by atoms with Gasteiger partial charge in [-0.25, -0.2) is 0 Å². The van der Waals surface area contributed by atoms with Crippen molar-refractivity contribution < 1.29 is 9.59 Å². The number of carbonyl (C=O) groups excluding carboxylic acids is 2. The lowest BCUT2D eigenvalue weighted by Gasteiger charge is -2.36. The number of carbonyl (C=O) groups is 2. The minimum atomic E-state index is -0.415. The van der Waals surface area contributed by atoms with Crippen LogP contribution in [0, 0.1) is 22.7 Å². The zero-order valence-electron chi connectivity index (χ0n) is 19.5. The standard InChI is InChI=1S/C27H34N4O2/c1-17-7-10-24(25(32)29-17)31-15-21-14-19(8-9-22(21)26(31)33)13-20-5-3-4-6-23(20)30-18(2)27(16-28)11-12-27/h8-9,14,18,20,23-24,30H,1,3-7,10-13,15H2,2H3,(H,29,32)/t18-,20-,23+,24?/m1/s1. The van der Waals surface area contributed by atoms with E-state index in [9.17, 15) is 14.9 Å². The third-order valence-electron chi connectivity index (χ3n) is 8.41. The number of amides is 2. The molecule has 6 nitrogen and oxygen atoms in total. The molecule has 1 saturated heterocycles. The van der Waals surface area contributed by atoms with Gasteiger partial charge in [-0.15, -0.1) is 0 Å². The number of allylic oxidation sites excluding steroid dienone is 1. The van der Waals surface area contributed by atoms with Crippen LogP contribution >= 0.6 is 0 Å². The van der Waals surface area contributed by atoms with Crippen LogP contribution in [0.5, 0.6) is 0 Å². The fourth-order valence-electron chi connectivity index (χ4n) is 6.07. The molecule has 1 unspecified atom stereocenters. The predicted octanol–water partition coefficient (Wildman–Crippen LogP) is 3.82. The number of nitrogens with one attached hydrogen (secondary N) is 2. The summed E-state index contributed by atoms with van der Waals surface area (Å²) in [5, 5.41) is 16.2. The first-order chi connectivity index (χ1) is 15.9. The summed E-state index contributed by atoms with van der Waals surface area (Å²) in [5.41, 5.74) is 3.60. The highest BCUT2D eigenvalue weighted by Crippen LogP contribution is 2.48. The Kier molecular flexibility index (Phi) is 5.78. The molecule has 1 aromatic carbocycles. The summed E-state index contributed by atoms with van der Waals surface area (Å²) in [4.78, 5) is 27.2. The van der Waals surface area contributed by atoms with E-state index in [0.717, 1.165) is 42.5 Å². The summed E-state index contributed by atoms with van der Waals surface area (Å²) in [7, 11) is 0. The van der Waals surface area contributed by atoms with Crippen molar-refractivity contribution in [1.82, 2.24) is 15.5 Å². The number of piperidine rings is 1. The number of nitriles is 1. The molecule has 0 bridgehead atoms. The summed E-state index contributed by atoms with van der Waals surface area (Å²) in [6, 6.07) is 9.02. The van der Waals surface area contributed by atoms with Crippen LogP contribution in [-0.2, 0) is 17.8 Å². The van der Waals surface area contributed by atoms with E-state index >= 15 is 0 Å². The van der Waals surface area contributed by atoms with Crippen LogP contribution < -0.4 is 10.6 Å². The van der Waals surface area contributed by atoms with Crippen LogP contribution in [0.3, 0.4) is 0 Å². The van der Waals surface area contributed by atoms with Crippen molar-refractivity contribution in [3.63, 3.8) is 0 Å². The third kappa shape index (κ3) is 4.19. The fraction of sp³-hybridized carbons (Fsp3) is 0.593. The Balaban J connectivity index is 1.27. The summed E-state index contributed by atoms with van der Waals surface area (Å²) < 4.78 is 0. The average Bonchev–Trinajstić information content (AvgIpc) is 3.54. The molecular formula is C27H34N4O2. The highest BCUT2D eigenvalue weighted by Gasteiger charge is 2.49. The van der Waals surface area contributed by atoms with Gasteiger partial charge in [0, 0.05) is 29.9 Å². The minimum absolute atomic E-state index is 0.0403. The molecule has 4 aliphatic rings. The Labute approximate surface area is 196 Å². The van der Waals surface area contributed by atoms with E-state index in [4.69, 9.17) is 0 Å². The third-order valence-corrected chi connectivity index (χ3v) is 8.41. The Morgan fingerprint density at radius 3 is 2.79 bits per heavy atom. The lowest BCUT2D eigenvalue weighted by atomic mass is 9.79. The number of rotatable bonds is 6. The van der Waals surface area contributed by atoms with Crippen molar-refractivity contribution in [1.29, 1.82) is 5.26 Å². The molecule has 174 valence electrons. The number of nitrogens with zero attached hydrogens (tertiary/aromatic N) is 2. The van der Waals surface area contributed by atoms with Gasteiger partial charge in [0.15, 0.2) is 0 Å². The first-order valence-corrected chi connectivity index (χ1v) is 12.5. The van der Waals surface area contributed by atoms with Crippen LogP contribution in [0.25, 0.3) is 0 Å². The molecule has 3 fully saturated rings. The highest BCUT2D eigenvalue weighted by molar-refractivity contribution is 6.01. The number of hydrogen-bond donors (Lipinski definition) is 2. The van der Waals surface area contributed by atoms with E-state index in [1.165, 1.54) is 24.8 Å². The van der Waals surface area contributed by atoms with Gasteiger partial charge in [0.05, 0.1) is 11.5 Å². The maximum atomic E-state index is 13.0. The van der Waals surface area contributed by atoms with Crippen LogP contribution in [0.1, 0.15) is 79.8 Å². The molecule has 0 radical (unpaired) electrons. The van der Waals surface area contributed by atoms with Gasteiger partial charge in [0.1, 0.15) is 6.04 Å². The van der Waals surface area contributed by atoms with Crippen molar-refractivity contribution in [2.24, 2.45) is 11.3 Å². The summed E-state index contributed by atoms with van der Waals surface area (Å²) >= 11 is 0. The Morgan fingerprint density at radius 2 is 2.06 bits per heavy atom. The summed E-state index contributed by atoms with van der Waals surface area (Å²) in [6.45, 7) is 6.52. The molecule has 2 amide bonds. The number of fused-ring (bicyclic) bond motifs is 1. The van der Waals surface area contributed by atoms with E-state index < -0.39 is 6.04 Å². The predicted molar refractivity (Wildman–Crippen MR) is 126 cm³/mol. The molecule has 2 aliphatic carbocycles. The zero-order chi connectivity index (χ0) is 23.2.